The second kappa shape index (κ2) is 7.05. The van der Waals surface area contributed by atoms with Gasteiger partial charge in [0.15, 0.2) is 11.5 Å². The normalized spacial score (nSPS) is 10.6. The van der Waals surface area contributed by atoms with Crippen molar-refractivity contribution in [1.82, 2.24) is 0 Å². The van der Waals surface area contributed by atoms with Crippen LogP contribution in [-0.4, -0.2) is 12.9 Å². The van der Waals surface area contributed by atoms with Crippen LogP contribution in [0.3, 0.4) is 0 Å². The SMILES string of the molecule is [C-]#[N+]c1ccc(C(=O)c2c(-c3ccc(C)cc3)oc3cc(OC)ccc23)cc1. The summed E-state index contributed by atoms with van der Waals surface area (Å²) in [4.78, 5) is 16.8. The number of methoxy groups -OCH3 is 1. The first kappa shape index (κ1) is 17.6. The number of ether oxygens (including phenoxy) is 1. The molecule has 1 aromatic heterocycles. The van der Waals surface area contributed by atoms with Gasteiger partial charge in [-0.2, -0.15) is 0 Å². The van der Waals surface area contributed by atoms with Crippen LogP contribution in [0.4, 0.5) is 5.69 Å². The Morgan fingerprint density at radius 3 is 2.36 bits per heavy atom. The van der Waals surface area contributed by atoms with Gasteiger partial charge in [0.2, 0.25) is 0 Å². The molecule has 0 aliphatic rings. The number of hydrogen-bond donors (Lipinski definition) is 0. The zero-order valence-corrected chi connectivity index (χ0v) is 15.5. The van der Waals surface area contributed by atoms with Gasteiger partial charge in [-0.3, -0.25) is 4.79 Å². The summed E-state index contributed by atoms with van der Waals surface area (Å²) >= 11 is 0. The van der Waals surface area contributed by atoms with Crippen molar-refractivity contribution in [2.45, 2.75) is 6.92 Å². The molecule has 0 saturated heterocycles. The number of furan rings is 1. The van der Waals surface area contributed by atoms with Gasteiger partial charge in [-0.05, 0) is 19.1 Å². The monoisotopic (exact) mass is 367 g/mol. The maximum atomic E-state index is 13.4. The summed E-state index contributed by atoms with van der Waals surface area (Å²) in [6, 6.07) is 20.0. The second-order valence-electron chi connectivity index (χ2n) is 6.52. The predicted molar refractivity (Wildman–Crippen MR) is 109 cm³/mol. The zero-order valence-electron chi connectivity index (χ0n) is 15.5. The average Bonchev–Trinajstić information content (AvgIpc) is 3.12. The Bertz CT molecular complexity index is 1210. The fourth-order valence-corrected chi connectivity index (χ4v) is 3.17. The largest absolute Gasteiger partial charge is 0.497 e. The Kier molecular flexibility index (Phi) is 4.42. The highest BCUT2D eigenvalue weighted by molar-refractivity contribution is 6.19. The smallest absolute Gasteiger partial charge is 0.197 e. The molecule has 4 heteroatoms. The van der Waals surface area contributed by atoms with E-state index in [4.69, 9.17) is 15.7 Å². The molecule has 4 rings (SSSR count). The predicted octanol–water partition coefficient (Wildman–Crippen LogP) is 6.20. The van der Waals surface area contributed by atoms with E-state index in [0.29, 0.717) is 33.9 Å². The molecule has 28 heavy (non-hydrogen) atoms. The molecule has 0 amide bonds. The fourth-order valence-electron chi connectivity index (χ4n) is 3.17. The Morgan fingerprint density at radius 2 is 1.71 bits per heavy atom. The molecule has 0 saturated carbocycles. The summed E-state index contributed by atoms with van der Waals surface area (Å²) in [5.74, 6) is 1.05. The van der Waals surface area contributed by atoms with Gasteiger partial charge in [0.25, 0.3) is 0 Å². The fraction of sp³-hybridized carbons (Fsp3) is 0.0833. The lowest BCUT2D eigenvalue weighted by molar-refractivity contribution is 0.104. The molecule has 3 aromatic carbocycles. The van der Waals surface area contributed by atoms with Gasteiger partial charge in [-0.25, -0.2) is 4.85 Å². The van der Waals surface area contributed by atoms with Crippen molar-refractivity contribution in [3.63, 3.8) is 0 Å². The topological polar surface area (TPSA) is 43.8 Å². The van der Waals surface area contributed by atoms with Gasteiger partial charge in [0, 0.05) is 22.6 Å². The van der Waals surface area contributed by atoms with Crippen molar-refractivity contribution < 1.29 is 13.9 Å². The molecule has 0 aliphatic heterocycles. The Morgan fingerprint density at radius 1 is 1.00 bits per heavy atom. The van der Waals surface area contributed by atoms with Crippen molar-refractivity contribution in [1.29, 1.82) is 0 Å². The summed E-state index contributed by atoms with van der Waals surface area (Å²) in [6.45, 7) is 9.10. The van der Waals surface area contributed by atoms with Crippen LogP contribution >= 0.6 is 0 Å². The number of rotatable bonds is 4. The van der Waals surface area contributed by atoms with Crippen molar-refractivity contribution in [3.05, 3.63) is 94.8 Å². The average molecular weight is 367 g/mol. The van der Waals surface area contributed by atoms with Crippen molar-refractivity contribution in [2.75, 3.05) is 7.11 Å². The van der Waals surface area contributed by atoms with E-state index in [1.807, 2.05) is 43.3 Å². The van der Waals surface area contributed by atoms with Crippen molar-refractivity contribution in [3.8, 4) is 17.1 Å². The van der Waals surface area contributed by atoms with Crippen LogP contribution in [0.5, 0.6) is 5.75 Å². The summed E-state index contributed by atoms with van der Waals surface area (Å²) < 4.78 is 11.4. The number of benzene rings is 3. The summed E-state index contributed by atoms with van der Waals surface area (Å²) in [6.07, 6.45) is 0. The highest BCUT2D eigenvalue weighted by Crippen LogP contribution is 2.37. The standard InChI is InChI=1S/C24H17NO3/c1-15-4-6-17(7-5-15)24-22(20-13-12-19(27-3)14-21(20)28-24)23(26)16-8-10-18(25-2)11-9-16/h4-14H,1,3H3. The van der Waals surface area contributed by atoms with Gasteiger partial charge in [0.05, 0.1) is 19.2 Å². The molecule has 4 aromatic rings. The van der Waals surface area contributed by atoms with E-state index >= 15 is 0 Å². The third-order valence-corrected chi connectivity index (χ3v) is 4.70. The third-order valence-electron chi connectivity index (χ3n) is 4.70. The van der Waals surface area contributed by atoms with Gasteiger partial charge in [-0.15, -0.1) is 0 Å². The molecule has 136 valence electrons. The minimum atomic E-state index is -0.143. The van der Waals surface area contributed by atoms with Crippen LogP contribution in [-0.2, 0) is 0 Å². The van der Waals surface area contributed by atoms with Crippen LogP contribution in [0.2, 0.25) is 0 Å². The molecule has 1 heterocycles. The molecule has 0 N–H and O–H groups in total. The quantitative estimate of drug-likeness (QED) is 0.319. The molecule has 0 fully saturated rings. The number of carbonyl (C=O) groups is 1. The Balaban J connectivity index is 1.93. The number of aryl methyl sites for hydroxylation is 1. The summed E-state index contributed by atoms with van der Waals surface area (Å²) in [7, 11) is 1.59. The van der Waals surface area contributed by atoms with Gasteiger partial charge in [-0.1, -0.05) is 54.1 Å². The molecule has 0 unspecified atom stereocenters. The van der Waals surface area contributed by atoms with Crippen molar-refractivity contribution >= 4 is 22.4 Å². The number of carbonyl (C=O) groups excluding carboxylic acids is 1. The lowest BCUT2D eigenvalue weighted by atomic mass is 9.97. The van der Waals surface area contributed by atoms with Gasteiger partial charge in [0.1, 0.15) is 17.1 Å². The van der Waals surface area contributed by atoms with E-state index in [1.165, 1.54) is 0 Å². The van der Waals surface area contributed by atoms with E-state index in [-0.39, 0.29) is 5.78 Å². The van der Waals surface area contributed by atoms with Crippen LogP contribution < -0.4 is 4.74 Å². The number of nitrogens with zero attached hydrogens (tertiary/aromatic N) is 1. The Labute approximate surface area is 162 Å². The number of hydrogen-bond acceptors (Lipinski definition) is 3. The number of ketones is 1. The third kappa shape index (κ3) is 3.04. The maximum Gasteiger partial charge on any atom is 0.197 e. The molecule has 0 aliphatic carbocycles. The molecular weight excluding hydrogens is 350 g/mol. The van der Waals surface area contributed by atoms with Gasteiger partial charge >= 0.3 is 0 Å². The molecule has 0 radical (unpaired) electrons. The first-order valence-corrected chi connectivity index (χ1v) is 8.80. The van der Waals surface area contributed by atoms with E-state index in [0.717, 1.165) is 16.5 Å². The molecule has 0 atom stereocenters. The minimum Gasteiger partial charge on any atom is -0.497 e. The molecule has 4 nitrogen and oxygen atoms in total. The highest BCUT2D eigenvalue weighted by atomic mass is 16.5. The first-order valence-electron chi connectivity index (χ1n) is 8.80. The van der Waals surface area contributed by atoms with E-state index in [2.05, 4.69) is 4.85 Å². The molecular formula is C24H17NO3. The minimum absolute atomic E-state index is 0.143. The van der Waals surface area contributed by atoms with E-state index in [1.54, 1.807) is 37.4 Å². The van der Waals surface area contributed by atoms with E-state index in [9.17, 15) is 4.79 Å². The zero-order chi connectivity index (χ0) is 19.7. The maximum absolute atomic E-state index is 13.4. The highest BCUT2D eigenvalue weighted by Gasteiger charge is 2.23. The van der Waals surface area contributed by atoms with Crippen LogP contribution in [0.15, 0.2) is 71.1 Å². The van der Waals surface area contributed by atoms with Crippen molar-refractivity contribution in [2.24, 2.45) is 0 Å². The first-order chi connectivity index (χ1) is 13.6. The van der Waals surface area contributed by atoms with Gasteiger partial charge < -0.3 is 9.15 Å². The number of fused-ring (bicyclic) bond motifs is 1. The van der Waals surface area contributed by atoms with Crippen LogP contribution in [0.25, 0.3) is 27.1 Å². The Hall–Kier alpha value is -3.84. The second-order valence-corrected chi connectivity index (χ2v) is 6.52. The summed E-state index contributed by atoms with van der Waals surface area (Å²) in [5, 5.41) is 0.732. The van der Waals surface area contributed by atoms with E-state index < -0.39 is 0 Å². The van der Waals surface area contributed by atoms with Crippen LogP contribution in [0.1, 0.15) is 21.5 Å². The molecule has 0 spiro atoms. The lowest BCUT2D eigenvalue weighted by Gasteiger charge is -2.04. The summed E-state index contributed by atoms with van der Waals surface area (Å²) in [5.41, 5.74) is 4.08. The lowest BCUT2D eigenvalue weighted by Crippen LogP contribution is -2.02. The molecule has 0 bridgehead atoms. The van der Waals surface area contributed by atoms with Crippen LogP contribution in [0, 0.1) is 13.5 Å².